The second kappa shape index (κ2) is 15.1. The topological polar surface area (TPSA) is 52.1 Å². The highest BCUT2D eigenvalue weighted by molar-refractivity contribution is 7.09. The van der Waals surface area contributed by atoms with Gasteiger partial charge in [-0.1, -0.05) is 95.9 Å². The summed E-state index contributed by atoms with van der Waals surface area (Å²) in [6, 6.07) is 3.95. The van der Waals surface area contributed by atoms with E-state index < -0.39 is 0 Å². The minimum absolute atomic E-state index is 0.269. The molecule has 1 saturated carbocycles. The van der Waals surface area contributed by atoms with E-state index in [-0.39, 0.29) is 5.41 Å². The quantitative estimate of drug-likeness (QED) is 0.328. The molecule has 38 heavy (non-hydrogen) atoms. The molecule has 0 spiro atoms. The number of nitrogens with zero attached hydrogens (tertiary/aromatic N) is 2. The molecule has 0 N–H and O–H groups in total. The summed E-state index contributed by atoms with van der Waals surface area (Å²) in [6.45, 7) is 26.8. The van der Waals surface area contributed by atoms with Crippen molar-refractivity contribution < 1.29 is 8.83 Å². The van der Waals surface area contributed by atoms with Crippen LogP contribution < -0.4 is 0 Å². The van der Waals surface area contributed by atoms with Gasteiger partial charge in [-0.2, -0.15) is 0 Å². The van der Waals surface area contributed by atoms with Gasteiger partial charge in [0, 0.05) is 30.8 Å². The summed E-state index contributed by atoms with van der Waals surface area (Å²) in [7, 11) is 0. The Kier molecular flexibility index (Phi) is 13.5. The number of rotatable bonds is 4. The fourth-order valence-corrected chi connectivity index (χ4v) is 4.63. The number of hydrogen-bond acceptors (Lipinski definition) is 5. The van der Waals surface area contributed by atoms with Crippen molar-refractivity contribution in [3.05, 3.63) is 59.1 Å². The van der Waals surface area contributed by atoms with Crippen LogP contribution in [0.5, 0.6) is 0 Å². The number of aromatic nitrogens is 2. The summed E-state index contributed by atoms with van der Waals surface area (Å²) in [4.78, 5) is 8.26. The molecule has 0 aromatic carbocycles. The van der Waals surface area contributed by atoms with Gasteiger partial charge in [0.15, 0.2) is 5.89 Å². The van der Waals surface area contributed by atoms with E-state index in [4.69, 9.17) is 8.83 Å². The molecule has 0 aliphatic heterocycles. The third-order valence-corrected chi connectivity index (χ3v) is 5.99. The highest BCUT2D eigenvalue weighted by atomic mass is 32.1. The Hall–Kier alpha value is -1.88. The normalized spacial score (nSPS) is 13.9. The van der Waals surface area contributed by atoms with Crippen LogP contribution in [-0.4, -0.2) is 9.97 Å². The fraction of sp³-hybridized carbons (Fsp3) is 0.697. The second-order valence-corrected chi connectivity index (χ2v) is 16.3. The van der Waals surface area contributed by atoms with Crippen LogP contribution >= 0.6 is 11.3 Å². The first-order valence-corrected chi connectivity index (χ1v) is 15.0. The van der Waals surface area contributed by atoms with Crippen molar-refractivity contribution in [2.45, 2.75) is 122 Å². The first-order chi connectivity index (χ1) is 17.3. The zero-order valence-electron chi connectivity index (χ0n) is 26.5. The molecule has 4 nitrogen and oxygen atoms in total. The summed E-state index contributed by atoms with van der Waals surface area (Å²) < 4.78 is 10.3. The molecular weight excluding hydrogens is 488 g/mol. The Morgan fingerprint density at radius 1 is 0.711 bits per heavy atom. The van der Waals surface area contributed by atoms with Gasteiger partial charge in [0.05, 0.1) is 17.5 Å². The number of hydrogen-bond donors (Lipinski definition) is 0. The monoisotopic (exact) mass is 544 g/mol. The third-order valence-electron chi connectivity index (χ3n) is 5.21. The van der Waals surface area contributed by atoms with Crippen LogP contribution in [0.4, 0.5) is 0 Å². The Morgan fingerprint density at radius 3 is 1.66 bits per heavy atom. The third kappa shape index (κ3) is 21.1. The molecule has 3 aromatic rings. The van der Waals surface area contributed by atoms with Gasteiger partial charge in [-0.25, -0.2) is 9.97 Å². The molecule has 216 valence electrons. The minimum Gasteiger partial charge on any atom is -0.469 e. The van der Waals surface area contributed by atoms with Gasteiger partial charge in [-0.15, -0.1) is 11.3 Å². The molecule has 0 unspecified atom stereocenters. The largest absolute Gasteiger partial charge is 0.469 e. The van der Waals surface area contributed by atoms with Crippen molar-refractivity contribution in [1.82, 2.24) is 9.97 Å². The van der Waals surface area contributed by atoms with E-state index in [2.05, 4.69) is 93.1 Å². The summed E-state index contributed by atoms with van der Waals surface area (Å²) in [5.74, 6) is 3.00. The first kappa shape index (κ1) is 34.1. The Morgan fingerprint density at radius 2 is 1.32 bits per heavy atom. The van der Waals surface area contributed by atoms with Crippen LogP contribution in [0.3, 0.4) is 0 Å². The summed E-state index contributed by atoms with van der Waals surface area (Å²) in [5.41, 5.74) is 1.56. The van der Waals surface area contributed by atoms with Crippen LogP contribution in [-0.2, 0) is 19.3 Å². The molecule has 3 heterocycles. The average molecular weight is 545 g/mol. The van der Waals surface area contributed by atoms with Gasteiger partial charge in [-0.3, -0.25) is 0 Å². The first-order valence-electron chi connectivity index (χ1n) is 14.1. The number of furan rings is 1. The predicted molar refractivity (Wildman–Crippen MR) is 164 cm³/mol. The Balaban J connectivity index is 0.000000254. The molecule has 4 rings (SSSR count). The van der Waals surface area contributed by atoms with Gasteiger partial charge in [0.1, 0.15) is 12.0 Å². The SMILES string of the molecule is CC(C)(C)CC1CC1.CC(C)(C)Cc1ccco1.CC(C)(C)Cc1ncco1.CC(C)(C)Cc1nccs1. The van der Waals surface area contributed by atoms with Gasteiger partial charge < -0.3 is 8.83 Å². The lowest BCUT2D eigenvalue weighted by Crippen LogP contribution is -2.08. The van der Waals surface area contributed by atoms with E-state index >= 15 is 0 Å². The summed E-state index contributed by atoms with van der Waals surface area (Å²) >= 11 is 1.74. The zero-order chi connectivity index (χ0) is 29.0. The highest BCUT2D eigenvalue weighted by Crippen LogP contribution is 2.39. The van der Waals surface area contributed by atoms with Gasteiger partial charge >= 0.3 is 0 Å². The fourth-order valence-electron chi connectivity index (χ4n) is 3.71. The molecule has 0 amide bonds. The molecule has 0 atom stereocenters. The van der Waals surface area contributed by atoms with Crippen LogP contribution in [0, 0.1) is 27.6 Å². The van der Waals surface area contributed by atoms with Crippen molar-refractivity contribution >= 4 is 11.3 Å². The predicted octanol–water partition coefficient (Wildman–Crippen LogP) is 10.7. The maximum atomic E-state index is 5.21. The van der Waals surface area contributed by atoms with Gasteiger partial charge in [0.25, 0.3) is 0 Å². The van der Waals surface area contributed by atoms with Crippen LogP contribution in [0.1, 0.15) is 119 Å². The number of thiazole rings is 1. The van der Waals surface area contributed by atoms with Crippen molar-refractivity contribution in [2.24, 2.45) is 27.6 Å². The molecule has 3 aromatic heterocycles. The van der Waals surface area contributed by atoms with E-state index in [1.165, 1.54) is 24.3 Å². The van der Waals surface area contributed by atoms with Crippen molar-refractivity contribution in [2.75, 3.05) is 0 Å². The van der Waals surface area contributed by atoms with Crippen LogP contribution in [0.25, 0.3) is 0 Å². The summed E-state index contributed by atoms with van der Waals surface area (Å²) in [5, 5.41) is 3.27. The van der Waals surface area contributed by atoms with E-state index in [1.807, 2.05) is 23.7 Å². The van der Waals surface area contributed by atoms with Crippen molar-refractivity contribution in [3.63, 3.8) is 0 Å². The maximum Gasteiger partial charge on any atom is 0.194 e. The Labute approximate surface area is 238 Å². The van der Waals surface area contributed by atoms with E-state index in [0.717, 1.165) is 36.8 Å². The molecule has 0 saturated heterocycles. The summed E-state index contributed by atoms with van der Waals surface area (Å²) in [6.07, 6.45) is 14.3. The molecule has 1 aliphatic rings. The van der Waals surface area contributed by atoms with Crippen molar-refractivity contribution in [1.29, 1.82) is 0 Å². The van der Waals surface area contributed by atoms with E-state index in [1.54, 1.807) is 30.1 Å². The zero-order valence-corrected chi connectivity index (χ0v) is 27.3. The average Bonchev–Trinajstić information content (AvgIpc) is 3.15. The van der Waals surface area contributed by atoms with Gasteiger partial charge in [-0.05, 0) is 46.1 Å². The second-order valence-electron chi connectivity index (χ2n) is 15.4. The standard InChI is InChI=1S/C9H14O.C8H13NO.C8H13NS.C8H16/c1-9(2,3)7-8-5-4-6-10-8;2*1-8(2,3)6-7-9-4-5-10-7;1-8(2,3)6-7-4-5-7/h4-6H,7H2,1-3H3;2*4-5H,6H2,1-3H3;7H,4-6H2,1-3H3. The van der Waals surface area contributed by atoms with E-state index in [9.17, 15) is 0 Å². The molecule has 0 radical (unpaired) electrons. The maximum absolute atomic E-state index is 5.21. The lowest BCUT2D eigenvalue weighted by atomic mass is 9.90. The van der Waals surface area contributed by atoms with Crippen LogP contribution in [0.15, 0.2) is 51.3 Å². The molecular formula is C33H56N2O2S. The lowest BCUT2D eigenvalue weighted by Gasteiger charge is -2.16. The van der Waals surface area contributed by atoms with Gasteiger partial charge in [0.2, 0.25) is 0 Å². The molecule has 1 fully saturated rings. The van der Waals surface area contributed by atoms with Crippen LogP contribution in [0.2, 0.25) is 0 Å². The number of oxazole rings is 1. The van der Waals surface area contributed by atoms with Crippen molar-refractivity contribution in [3.8, 4) is 0 Å². The molecule has 0 bridgehead atoms. The highest BCUT2D eigenvalue weighted by Gasteiger charge is 2.26. The molecule has 1 aliphatic carbocycles. The van der Waals surface area contributed by atoms with E-state index in [0.29, 0.717) is 16.2 Å². The molecule has 5 heteroatoms. The lowest BCUT2D eigenvalue weighted by molar-refractivity contribution is 0.354. The smallest absolute Gasteiger partial charge is 0.194 e. The Bertz CT molecular complexity index is 833. The minimum atomic E-state index is 0.269.